The van der Waals surface area contributed by atoms with Crippen molar-refractivity contribution in [3.8, 4) is 11.5 Å². The molecule has 0 aromatic heterocycles. The summed E-state index contributed by atoms with van der Waals surface area (Å²) in [6.07, 6.45) is 0. The van der Waals surface area contributed by atoms with Gasteiger partial charge in [-0.3, -0.25) is 0 Å². The van der Waals surface area contributed by atoms with Gasteiger partial charge in [-0.2, -0.15) is 0 Å². The standard InChI is InChI=1S/C12H10O3P.C2H7N/c13-16(14-11-7-3-1-4-8-11)15-12-9-5-2-6-10-12;1-3-2/h1-10H;3H,1-2H3/q-1;/p+1. The smallest absolute Gasteiger partial charge is 0.210 e. The molecule has 4 nitrogen and oxygen atoms in total. The average Bonchev–Trinajstić information content (AvgIpc) is 2.41. The molecule has 0 radical (unpaired) electrons. The summed E-state index contributed by atoms with van der Waals surface area (Å²) in [6.45, 7) is 0. The lowest BCUT2D eigenvalue weighted by molar-refractivity contribution is -0.597. The number of rotatable bonds is 4. The first-order valence-corrected chi connectivity index (χ1v) is 7.03. The van der Waals surface area contributed by atoms with Crippen LogP contribution in [0.5, 0.6) is 11.5 Å². The molecule has 0 fully saturated rings. The maximum absolute atomic E-state index is 11.5. The summed E-state index contributed by atoms with van der Waals surface area (Å²) in [4.78, 5) is 11.5. The predicted molar refractivity (Wildman–Crippen MR) is 74.8 cm³/mol. The van der Waals surface area contributed by atoms with E-state index in [1.54, 1.807) is 48.5 Å². The molecule has 102 valence electrons. The summed E-state index contributed by atoms with van der Waals surface area (Å²) in [5.74, 6) is 1.05. The molecule has 0 aliphatic rings. The van der Waals surface area contributed by atoms with Crippen molar-refractivity contribution < 1.29 is 19.3 Å². The van der Waals surface area contributed by atoms with Gasteiger partial charge in [-0.05, 0) is 24.3 Å². The van der Waals surface area contributed by atoms with Gasteiger partial charge in [0.05, 0.1) is 14.1 Å². The van der Waals surface area contributed by atoms with Gasteiger partial charge in [0.25, 0.3) is 0 Å². The van der Waals surface area contributed by atoms with Gasteiger partial charge in [-0.1, -0.05) is 36.4 Å². The first kappa shape index (κ1) is 15.4. The van der Waals surface area contributed by atoms with Gasteiger partial charge in [0, 0.05) is 0 Å². The van der Waals surface area contributed by atoms with Gasteiger partial charge < -0.3 is 19.3 Å². The SMILES string of the molecule is C[NH2+]C.[O-]P(Oc1ccccc1)Oc1ccccc1. The highest BCUT2D eigenvalue weighted by atomic mass is 31.2. The van der Waals surface area contributed by atoms with Crippen LogP contribution in [0.25, 0.3) is 0 Å². The highest BCUT2D eigenvalue weighted by molar-refractivity contribution is 7.39. The number of para-hydroxylation sites is 2. The van der Waals surface area contributed by atoms with E-state index in [0.717, 1.165) is 0 Å². The van der Waals surface area contributed by atoms with E-state index in [0.29, 0.717) is 11.5 Å². The molecule has 0 saturated carbocycles. The van der Waals surface area contributed by atoms with E-state index < -0.39 is 8.60 Å². The van der Waals surface area contributed by atoms with Crippen LogP contribution in [-0.2, 0) is 0 Å². The average molecular weight is 279 g/mol. The van der Waals surface area contributed by atoms with Crippen molar-refractivity contribution in [1.82, 2.24) is 0 Å². The molecule has 0 aliphatic carbocycles. The second-order valence-electron chi connectivity index (χ2n) is 3.61. The zero-order valence-corrected chi connectivity index (χ0v) is 11.9. The van der Waals surface area contributed by atoms with E-state index in [-0.39, 0.29) is 0 Å². The molecular formula is C14H18NO3P. The molecule has 2 N–H and O–H groups in total. The van der Waals surface area contributed by atoms with Gasteiger partial charge in [-0.25, -0.2) is 0 Å². The van der Waals surface area contributed by atoms with Crippen LogP contribution in [0.15, 0.2) is 60.7 Å². The fourth-order valence-electron chi connectivity index (χ4n) is 1.15. The van der Waals surface area contributed by atoms with Crippen LogP contribution < -0.4 is 19.3 Å². The number of nitrogens with two attached hydrogens (primary N) is 1. The molecule has 0 bridgehead atoms. The minimum Gasteiger partial charge on any atom is -0.765 e. The van der Waals surface area contributed by atoms with Gasteiger partial charge >= 0.3 is 0 Å². The van der Waals surface area contributed by atoms with Crippen molar-refractivity contribution >= 4 is 8.60 Å². The summed E-state index contributed by atoms with van der Waals surface area (Å²) in [5, 5.41) is 2.00. The molecule has 0 atom stereocenters. The Morgan fingerprint density at radius 2 is 1.11 bits per heavy atom. The molecular weight excluding hydrogens is 261 g/mol. The lowest BCUT2D eigenvalue weighted by Crippen LogP contribution is -2.74. The molecule has 5 heteroatoms. The molecule has 2 rings (SSSR count). The van der Waals surface area contributed by atoms with E-state index in [4.69, 9.17) is 9.05 Å². The van der Waals surface area contributed by atoms with Crippen molar-refractivity contribution in [2.75, 3.05) is 14.1 Å². The topological polar surface area (TPSA) is 58.1 Å². The molecule has 0 heterocycles. The number of hydrogen-bond acceptors (Lipinski definition) is 3. The Bertz CT molecular complexity index is 397. The molecule has 2 aromatic rings. The van der Waals surface area contributed by atoms with E-state index in [1.165, 1.54) is 0 Å². The number of hydrogen-bond donors (Lipinski definition) is 1. The lowest BCUT2D eigenvalue weighted by atomic mass is 10.3. The molecule has 0 unspecified atom stereocenters. The highest BCUT2D eigenvalue weighted by Gasteiger charge is 1.99. The summed E-state index contributed by atoms with van der Waals surface area (Å²) < 4.78 is 10.2. The zero-order chi connectivity index (χ0) is 13.9. The third-order valence-electron chi connectivity index (χ3n) is 1.85. The number of quaternary nitrogens is 1. The monoisotopic (exact) mass is 279 g/mol. The fourth-order valence-corrected chi connectivity index (χ4v) is 1.78. The number of benzene rings is 2. The van der Waals surface area contributed by atoms with Crippen LogP contribution in [0.2, 0.25) is 0 Å². The van der Waals surface area contributed by atoms with Crippen LogP contribution in [0.1, 0.15) is 0 Å². The lowest BCUT2D eigenvalue weighted by Gasteiger charge is -2.22. The largest absolute Gasteiger partial charge is 0.765 e. The Morgan fingerprint density at radius 3 is 1.42 bits per heavy atom. The highest BCUT2D eigenvalue weighted by Crippen LogP contribution is 2.32. The Hall–Kier alpha value is -1.61. The third kappa shape index (κ3) is 6.77. The van der Waals surface area contributed by atoms with Gasteiger partial charge in [0.15, 0.2) is 0 Å². The first-order valence-electron chi connectivity index (χ1n) is 5.93. The summed E-state index contributed by atoms with van der Waals surface area (Å²) in [5.41, 5.74) is 0. The maximum Gasteiger partial charge on any atom is 0.210 e. The van der Waals surface area contributed by atoms with E-state index >= 15 is 0 Å². The van der Waals surface area contributed by atoms with Gasteiger partial charge in [-0.15, -0.1) is 0 Å². The van der Waals surface area contributed by atoms with Gasteiger partial charge in [0.2, 0.25) is 8.60 Å². The van der Waals surface area contributed by atoms with Crippen LogP contribution in [0.4, 0.5) is 0 Å². The Balaban J connectivity index is 0.000000550. The maximum atomic E-state index is 11.5. The quantitative estimate of drug-likeness (QED) is 0.864. The zero-order valence-electron chi connectivity index (χ0n) is 11.0. The van der Waals surface area contributed by atoms with Crippen LogP contribution in [0.3, 0.4) is 0 Å². The fraction of sp³-hybridized carbons (Fsp3) is 0.143. The van der Waals surface area contributed by atoms with Crippen LogP contribution in [-0.4, -0.2) is 14.1 Å². The normalized spacial score (nSPS) is 9.47. The second-order valence-corrected chi connectivity index (χ2v) is 4.42. The van der Waals surface area contributed by atoms with E-state index in [9.17, 15) is 4.89 Å². The predicted octanol–water partition coefficient (Wildman–Crippen LogP) is 1.54. The summed E-state index contributed by atoms with van der Waals surface area (Å²) in [7, 11) is 1.82. The van der Waals surface area contributed by atoms with Crippen molar-refractivity contribution in [3.05, 3.63) is 60.7 Å². The Labute approximate surface area is 115 Å². The summed E-state index contributed by atoms with van der Waals surface area (Å²) in [6, 6.07) is 17.8. The van der Waals surface area contributed by atoms with E-state index in [2.05, 4.69) is 0 Å². The Kier molecular flexibility index (Phi) is 7.59. The third-order valence-corrected chi connectivity index (χ3v) is 2.57. The van der Waals surface area contributed by atoms with Crippen molar-refractivity contribution in [2.45, 2.75) is 0 Å². The molecule has 19 heavy (non-hydrogen) atoms. The minimum atomic E-state index is -2.18. The summed E-state index contributed by atoms with van der Waals surface area (Å²) >= 11 is 0. The van der Waals surface area contributed by atoms with Crippen LogP contribution >= 0.6 is 8.60 Å². The van der Waals surface area contributed by atoms with Crippen molar-refractivity contribution in [1.29, 1.82) is 0 Å². The second kappa shape index (κ2) is 9.34. The molecule has 0 spiro atoms. The van der Waals surface area contributed by atoms with Crippen LogP contribution in [0, 0.1) is 0 Å². The van der Waals surface area contributed by atoms with Crippen molar-refractivity contribution in [2.24, 2.45) is 0 Å². The van der Waals surface area contributed by atoms with Crippen molar-refractivity contribution in [3.63, 3.8) is 0 Å². The minimum absolute atomic E-state index is 0.527. The van der Waals surface area contributed by atoms with E-state index in [1.807, 2.05) is 31.5 Å². The Morgan fingerprint density at radius 1 is 0.789 bits per heavy atom. The molecule has 2 aromatic carbocycles. The molecule has 0 saturated heterocycles. The molecule has 0 aliphatic heterocycles. The first-order chi connectivity index (χ1) is 9.26. The molecule has 0 amide bonds. The van der Waals surface area contributed by atoms with Gasteiger partial charge in [0.1, 0.15) is 11.5 Å².